The maximum atomic E-state index is 13.1. The van der Waals surface area contributed by atoms with Crippen LogP contribution in [-0.4, -0.2) is 44.7 Å². The fourth-order valence-electron chi connectivity index (χ4n) is 3.67. The van der Waals surface area contributed by atoms with Gasteiger partial charge in [0.1, 0.15) is 11.3 Å². The number of nitrogens with two attached hydrogens (primary N) is 1. The number of fused-ring (bicyclic) bond motifs is 1. The third-order valence-corrected chi connectivity index (χ3v) is 5.29. The number of aromatic nitrogens is 2. The van der Waals surface area contributed by atoms with Crippen LogP contribution >= 0.6 is 0 Å². The molecule has 3 aromatic rings. The molecule has 9 heteroatoms. The van der Waals surface area contributed by atoms with Crippen LogP contribution in [0, 0.1) is 0 Å². The zero-order valence-corrected chi connectivity index (χ0v) is 16.6. The molecule has 1 aliphatic rings. The van der Waals surface area contributed by atoms with Crippen LogP contribution in [0.25, 0.3) is 10.8 Å². The lowest BCUT2D eigenvalue weighted by Crippen LogP contribution is -2.35. The Morgan fingerprint density at radius 3 is 2.57 bits per heavy atom. The van der Waals surface area contributed by atoms with Gasteiger partial charge in [0.25, 0.3) is 11.8 Å². The lowest BCUT2D eigenvalue weighted by Gasteiger charge is -2.27. The summed E-state index contributed by atoms with van der Waals surface area (Å²) >= 11 is 0. The minimum atomic E-state index is -0.680. The Morgan fingerprint density at radius 2 is 1.83 bits per heavy atom. The highest BCUT2D eigenvalue weighted by atomic mass is 16.3. The second-order valence-corrected chi connectivity index (χ2v) is 7.27. The highest BCUT2D eigenvalue weighted by Crippen LogP contribution is 2.40. The SMILES string of the molecule is Cn1ncc(C(N)=O)c1N=Nc1c(O)c(C(=O)N2CCCCC2)cc2ccccc12. The number of carbonyl (C=O) groups is 2. The molecule has 9 nitrogen and oxygen atoms in total. The highest BCUT2D eigenvalue weighted by molar-refractivity contribution is 6.06. The summed E-state index contributed by atoms with van der Waals surface area (Å²) in [7, 11) is 1.61. The van der Waals surface area contributed by atoms with E-state index in [0.29, 0.717) is 18.5 Å². The van der Waals surface area contributed by atoms with Gasteiger partial charge in [0.05, 0.1) is 11.8 Å². The van der Waals surface area contributed by atoms with Crippen LogP contribution in [0.2, 0.25) is 0 Å². The summed E-state index contributed by atoms with van der Waals surface area (Å²) in [6, 6.07) is 8.98. The Labute approximate surface area is 172 Å². The molecule has 154 valence electrons. The number of piperidine rings is 1. The summed E-state index contributed by atoms with van der Waals surface area (Å²) in [6.07, 6.45) is 4.30. The fourth-order valence-corrected chi connectivity index (χ4v) is 3.67. The first-order chi connectivity index (χ1) is 14.5. The molecule has 0 atom stereocenters. The lowest BCUT2D eigenvalue weighted by atomic mass is 10.0. The number of carbonyl (C=O) groups excluding carboxylic acids is 2. The summed E-state index contributed by atoms with van der Waals surface area (Å²) in [5.41, 5.74) is 5.83. The second kappa shape index (κ2) is 7.94. The number of aryl methyl sites for hydroxylation is 1. The van der Waals surface area contributed by atoms with Crippen molar-refractivity contribution in [2.24, 2.45) is 23.0 Å². The van der Waals surface area contributed by atoms with Crippen molar-refractivity contribution in [3.8, 4) is 5.75 Å². The predicted octanol–water partition coefficient (Wildman–Crippen LogP) is 3.42. The van der Waals surface area contributed by atoms with Gasteiger partial charge in [0, 0.05) is 25.5 Å². The number of aromatic hydroxyl groups is 1. The van der Waals surface area contributed by atoms with Crippen molar-refractivity contribution in [1.29, 1.82) is 0 Å². The maximum Gasteiger partial charge on any atom is 0.257 e. The molecule has 4 rings (SSSR count). The van der Waals surface area contributed by atoms with E-state index < -0.39 is 5.91 Å². The van der Waals surface area contributed by atoms with Crippen LogP contribution in [-0.2, 0) is 7.05 Å². The quantitative estimate of drug-likeness (QED) is 0.644. The number of hydrogen-bond donors (Lipinski definition) is 2. The second-order valence-electron chi connectivity index (χ2n) is 7.27. The van der Waals surface area contributed by atoms with Crippen molar-refractivity contribution >= 4 is 34.1 Å². The summed E-state index contributed by atoms with van der Waals surface area (Å²) in [5.74, 6) is -0.984. The molecule has 1 aliphatic heterocycles. The monoisotopic (exact) mass is 406 g/mol. The summed E-state index contributed by atoms with van der Waals surface area (Å²) in [5, 5.41) is 24.6. The van der Waals surface area contributed by atoms with Gasteiger partial charge >= 0.3 is 0 Å². The average molecular weight is 406 g/mol. The Balaban J connectivity index is 1.83. The first-order valence-electron chi connectivity index (χ1n) is 9.75. The van der Waals surface area contributed by atoms with E-state index in [-0.39, 0.29) is 34.3 Å². The van der Waals surface area contributed by atoms with Gasteiger partial charge in [-0.2, -0.15) is 5.10 Å². The Morgan fingerprint density at radius 1 is 1.10 bits per heavy atom. The van der Waals surface area contributed by atoms with Gasteiger partial charge in [-0.1, -0.05) is 24.3 Å². The van der Waals surface area contributed by atoms with Crippen molar-refractivity contribution in [2.45, 2.75) is 19.3 Å². The van der Waals surface area contributed by atoms with Crippen LogP contribution in [0.1, 0.15) is 40.0 Å². The highest BCUT2D eigenvalue weighted by Gasteiger charge is 2.24. The first-order valence-corrected chi connectivity index (χ1v) is 9.75. The largest absolute Gasteiger partial charge is 0.505 e. The molecule has 0 aliphatic carbocycles. The molecule has 2 heterocycles. The number of azo groups is 1. The maximum absolute atomic E-state index is 13.1. The molecule has 0 radical (unpaired) electrons. The Bertz CT molecular complexity index is 1160. The number of rotatable bonds is 4. The van der Waals surface area contributed by atoms with E-state index in [0.717, 1.165) is 24.6 Å². The number of amides is 2. The number of phenolic OH excluding ortho intramolecular Hbond substituents is 1. The van der Waals surface area contributed by atoms with E-state index >= 15 is 0 Å². The fraction of sp³-hybridized carbons (Fsp3) is 0.286. The molecule has 0 bridgehead atoms. The normalized spacial score (nSPS) is 14.5. The van der Waals surface area contributed by atoms with Crippen molar-refractivity contribution in [3.05, 3.63) is 47.7 Å². The third kappa shape index (κ3) is 3.49. The molecule has 3 N–H and O–H groups in total. The van der Waals surface area contributed by atoms with Crippen LogP contribution in [0.5, 0.6) is 5.75 Å². The van der Waals surface area contributed by atoms with Gasteiger partial charge < -0.3 is 15.7 Å². The van der Waals surface area contributed by atoms with Crippen LogP contribution in [0.4, 0.5) is 11.5 Å². The summed E-state index contributed by atoms with van der Waals surface area (Å²) in [6.45, 7) is 1.33. The van der Waals surface area contributed by atoms with Gasteiger partial charge in [0.2, 0.25) is 0 Å². The zero-order chi connectivity index (χ0) is 21.3. The average Bonchev–Trinajstić information content (AvgIpc) is 3.13. The smallest absolute Gasteiger partial charge is 0.257 e. The topological polar surface area (TPSA) is 126 Å². The Kier molecular flexibility index (Phi) is 5.18. The van der Waals surface area contributed by atoms with E-state index in [9.17, 15) is 14.7 Å². The molecule has 1 saturated heterocycles. The first kappa shape index (κ1) is 19.6. The van der Waals surface area contributed by atoms with Crippen LogP contribution in [0.15, 0.2) is 46.8 Å². The molecule has 1 fully saturated rings. The lowest BCUT2D eigenvalue weighted by molar-refractivity contribution is 0.0721. The van der Waals surface area contributed by atoms with Crippen molar-refractivity contribution < 1.29 is 14.7 Å². The van der Waals surface area contributed by atoms with E-state index in [1.165, 1.54) is 10.9 Å². The van der Waals surface area contributed by atoms with Gasteiger partial charge in [-0.15, -0.1) is 10.2 Å². The molecule has 0 saturated carbocycles. The van der Waals surface area contributed by atoms with Crippen LogP contribution in [0.3, 0.4) is 0 Å². The molecule has 0 spiro atoms. The van der Waals surface area contributed by atoms with Gasteiger partial charge in [-0.3, -0.25) is 9.59 Å². The number of primary amides is 1. The molecular formula is C21H22N6O3. The van der Waals surface area contributed by atoms with Crippen molar-refractivity contribution in [3.63, 3.8) is 0 Å². The third-order valence-electron chi connectivity index (χ3n) is 5.29. The van der Waals surface area contributed by atoms with E-state index in [2.05, 4.69) is 15.3 Å². The molecule has 2 aromatic carbocycles. The number of likely N-dealkylation sites (tertiary alicyclic amines) is 1. The summed E-state index contributed by atoms with van der Waals surface area (Å²) in [4.78, 5) is 26.4. The zero-order valence-electron chi connectivity index (χ0n) is 16.6. The minimum Gasteiger partial charge on any atom is -0.505 e. The molecular weight excluding hydrogens is 384 g/mol. The van der Waals surface area contributed by atoms with E-state index in [4.69, 9.17) is 5.73 Å². The van der Waals surface area contributed by atoms with E-state index in [1.54, 1.807) is 24.1 Å². The number of phenols is 1. The van der Waals surface area contributed by atoms with Gasteiger partial charge in [0.15, 0.2) is 11.6 Å². The molecule has 2 amide bonds. The number of nitrogens with zero attached hydrogens (tertiary/aromatic N) is 5. The molecule has 30 heavy (non-hydrogen) atoms. The molecule has 1 aromatic heterocycles. The molecule has 0 unspecified atom stereocenters. The number of hydrogen-bond acceptors (Lipinski definition) is 6. The predicted molar refractivity (Wildman–Crippen MR) is 111 cm³/mol. The standard InChI is InChI=1S/C21H22N6O3/c1-26-20(16(12-23-26)19(22)29)25-24-17-14-8-4-3-7-13(14)11-15(18(17)28)21(30)27-9-5-2-6-10-27/h3-4,7-8,11-12,28H,2,5-6,9-10H2,1H3,(H2,22,29). The van der Waals surface area contributed by atoms with Gasteiger partial charge in [-0.25, -0.2) is 4.68 Å². The Hall–Kier alpha value is -3.75. The van der Waals surface area contributed by atoms with Crippen LogP contribution < -0.4 is 5.73 Å². The summed E-state index contributed by atoms with van der Waals surface area (Å²) < 4.78 is 1.37. The van der Waals surface area contributed by atoms with E-state index in [1.807, 2.05) is 18.2 Å². The van der Waals surface area contributed by atoms with Crippen molar-refractivity contribution in [2.75, 3.05) is 13.1 Å². The van der Waals surface area contributed by atoms with Gasteiger partial charge in [-0.05, 0) is 30.7 Å². The number of benzene rings is 2. The minimum absolute atomic E-state index is 0.116. The van der Waals surface area contributed by atoms with Crippen molar-refractivity contribution in [1.82, 2.24) is 14.7 Å².